The molecule has 2 aromatic carbocycles. The maximum atomic E-state index is 11.5. The van der Waals surface area contributed by atoms with E-state index in [9.17, 15) is 9.46 Å². The number of rotatable bonds is 2. The maximum Gasteiger partial charge on any atom is 0.546 e. The summed E-state index contributed by atoms with van der Waals surface area (Å²) in [6.45, 7) is 4.01. The molecule has 0 saturated heterocycles. The minimum absolute atomic E-state index is 0.305. The Kier molecular flexibility index (Phi) is 3.40. The molecule has 0 amide bonds. The summed E-state index contributed by atoms with van der Waals surface area (Å²) in [5.74, 6) is 0.831. The van der Waals surface area contributed by atoms with Crippen molar-refractivity contribution in [1.29, 1.82) is 0 Å². The standard InChI is InChI=1S/C17H15O3P/c1-17(2)10-9-13-11-12(7-8-15(13)20-17)14-5-3-4-6-16(14)21(18)19/h3-11H,1-2H3/p+1. The van der Waals surface area contributed by atoms with Gasteiger partial charge in [-0.15, -0.1) is 0 Å². The second-order valence-electron chi connectivity index (χ2n) is 5.58. The molecule has 0 radical (unpaired) electrons. The lowest BCUT2D eigenvalue weighted by Gasteiger charge is -2.28. The highest BCUT2D eigenvalue weighted by Crippen LogP contribution is 2.34. The summed E-state index contributed by atoms with van der Waals surface area (Å²) in [5.41, 5.74) is 2.37. The molecule has 0 spiro atoms. The summed E-state index contributed by atoms with van der Waals surface area (Å²) in [4.78, 5) is 9.44. The third-order valence-corrected chi connectivity index (χ3v) is 4.27. The van der Waals surface area contributed by atoms with E-state index in [0.29, 0.717) is 5.30 Å². The van der Waals surface area contributed by atoms with Gasteiger partial charge in [-0.05, 0) is 54.3 Å². The number of hydrogen-bond donors (Lipinski definition) is 1. The zero-order chi connectivity index (χ0) is 15.0. The van der Waals surface area contributed by atoms with Crippen LogP contribution in [-0.2, 0) is 4.57 Å². The molecule has 2 aromatic rings. The van der Waals surface area contributed by atoms with Gasteiger partial charge in [0.25, 0.3) is 0 Å². The smallest absolute Gasteiger partial charge is 0.483 e. The van der Waals surface area contributed by atoms with Gasteiger partial charge in [-0.3, -0.25) is 0 Å². The zero-order valence-electron chi connectivity index (χ0n) is 11.9. The lowest BCUT2D eigenvalue weighted by atomic mass is 9.98. The molecule has 3 rings (SSSR count). The fourth-order valence-corrected chi connectivity index (χ4v) is 3.05. The van der Waals surface area contributed by atoms with Crippen molar-refractivity contribution in [3.05, 3.63) is 54.1 Å². The predicted octanol–water partition coefficient (Wildman–Crippen LogP) is 3.90. The van der Waals surface area contributed by atoms with Crippen molar-refractivity contribution in [2.75, 3.05) is 0 Å². The van der Waals surface area contributed by atoms with Gasteiger partial charge in [0.1, 0.15) is 11.4 Å². The Hall–Kier alpha value is -1.96. The van der Waals surface area contributed by atoms with E-state index in [0.717, 1.165) is 22.4 Å². The molecule has 106 valence electrons. The first kappa shape index (κ1) is 14.0. The molecule has 0 fully saturated rings. The van der Waals surface area contributed by atoms with Crippen molar-refractivity contribution in [1.82, 2.24) is 0 Å². The van der Waals surface area contributed by atoms with Crippen LogP contribution in [0, 0.1) is 0 Å². The molecule has 0 aliphatic carbocycles. The van der Waals surface area contributed by atoms with Crippen LogP contribution in [0.15, 0.2) is 48.5 Å². The lowest BCUT2D eigenvalue weighted by molar-refractivity contribution is 0.159. The van der Waals surface area contributed by atoms with Gasteiger partial charge in [0, 0.05) is 11.1 Å². The van der Waals surface area contributed by atoms with Gasteiger partial charge < -0.3 is 4.74 Å². The van der Waals surface area contributed by atoms with Crippen molar-refractivity contribution >= 4 is 19.4 Å². The maximum absolute atomic E-state index is 11.5. The van der Waals surface area contributed by atoms with Crippen LogP contribution in [0.1, 0.15) is 19.4 Å². The first-order valence-electron chi connectivity index (χ1n) is 6.74. The van der Waals surface area contributed by atoms with Crippen LogP contribution in [-0.4, -0.2) is 10.5 Å². The van der Waals surface area contributed by atoms with E-state index in [4.69, 9.17) is 4.74 Å². The summed E-state index contributed by atoms with van der Waals surface area (Å²) in [5, 5.41) is 0.452. The minimum Gasteiger partial charge on any atom is -0.483 e. The molecule has 1 unspecified atom stereocenters. The Morgan fingerprint density at radius 1 is 1.14 bits per heavy atom. The predicted molar refractivity (Wildman–Crippen MR) is 85.1 cm³/mol. The summed E-state index contributed by atoms with van der Waals surface area (Å²) >= 11 is 0. The first-order valence-corrected chi connectivity index (χ1v) is 7.95. The monoisotopic (exact) mass is 299 g/mol. The van der Waals surface area contributed by atoms with Crippen LogP contribution in [0.3, 0.4) is 0 Å². The molecule has 4 heteroatoms. The van der Waals surface area contributed by atoms with Crippen LogP contribution in [0.5, 0.6) is 5.75 Å². The van der Waals surface area contributed by atoms with Gasteiger partial charge in [-0.2, -0.15) is 4.89 Å². The third-order valence-electron chi connectivity index (χ3n) is 3.47. The van der Waals surface area contributed by atoms with E-state index in [1.54, 1.807) is 12.1 Å². The molecule has 21 heavy (non-hydrogen) atoms. The van der Waals surface area contributed by atoms with Crippen molar-refractivity contribution in [2.45, 2.75) is 19.4 Å². The fourth-order valence-electron chi connectivity index (χ4n) is 2.43. The van der Waals surface area contributed by atoms with Crippen LogP contribution >= 0.6 is 8.03 Å². The summed E-state index contributed by atoms with van der Waals surface area (Å²) < 4.78 is 17.4. The molecule has 1 heterocycles. The second-order valence-corrected chi connectivity index (χ2v) is 6.61. The Morgan fingerprint density at radius 3 is 2.67 bits per heavy atom. The van der Waals surface area contributed by atoms with Crippen molar-refractivity contribution in [3.8, 4) is 16.9 Å². The fraction of sp³-hybridized carbons (Fsp3) is 0.176. The number of ether oxygens (including phenoxy) is 1. The van der Waals surface area contributed by atoms with Crippen LogP contribution in [0.2, 0.25) is 0 Å². The van der Waals surface area contributed by atoms with Crippen LogP contribution in [0.4, 0.5) is 0 Å². The largest absolute Gasteiger partial charge is 0.546 e. The number of benzene rings is 2. The Bertz CT molecular complexity index is 747. The molecule has 1 N–H and O–H groups in total. The summed E-state index contributed by atoms with van der Waals surface area (Å²) in [7, 11) is -2.37. The van der Waals surface area contributed by atoms with E-state index in [1.807, 2.05) is 56.3 Å². The van der Waals surface area contributed by atoms with Crippen molar-refractivity contribution in [3.63, 3.8) is 0 Å². The minimum atomic E-state index is -2.37. The highest BCUT2D eigenvalue weighted by molar-refractivity contribution is 7.47. The summed E-state index contributed by atoms with van der Waals surface area (Å²) in [6, 6.07) is 13.0. The Labute approximate surface area is 124 Å². The second kappa shape index (κ2) is 5.10. The van der Waals surface area contributed by atoms with Crippen LogP contribution in [0.25, 0.3) is 17.2 Å². The zero-order valence-corrected chi connectivity index (χ0v) is 12.8. The normalized spacial score (nSPS) is 16.0. The van der Waals surface area contributed by atoms with Gasteiger partial charge in [0.15, 0.2) is 0 Å². The molecule has 3 nitrogen and oxygen atoms in total. The first-order chi connectivity index (χ1) is 9.96. The molecule has 1 aliphatic heterocycles. The molecule has 0 aromatic heterocycles. The Balaban J connectivity index is 2.09. The highest BCUT2D eigenvalue weighted by Gasteiger charge is 2.24. The molecule has 0 bridgehead atoms. The molecular formula is C17H16O3P+. The van der Waals surface area contributed by atoms with Crippen molar-refractivity contribution in [2.24, 2.45) is 0 Å². The van der Waals surface area contributed by atoms with Gasteiger partial charge in [0.2, 0.25) is 5.30 Å². The van der Waals surface area contributed by atoms with E-state index >= 15 is 0 Å². The SMILES string of the molecule is CC1(C)C=Cc2cc(-c3ccccc3[P+](=O)O)ccc2O1. The van der Waals surface area contributed by atoms with E-state index in [1.165, 1.54) is 0 Å². The molecule has 1 atom stereocenters. The van der Waals surface area contributed by atoms with Crippen molar-refractivity contribution < 1.29 is 14.2 Å². The molecule has 1 aliphatic rings. The quantitative estimate of drug-likeness (QED) is 0.856. The van der Waals surface area contributed by atoms with E-state index in [-0.39, 0.29) is 5.60 Å². The molecular weight excluding hydrogens is 283 g/mol. The lowest BCUT2D eigenvalue weighted by Crippen LogP contribution is -2.27. The van der Waals surface area contributed by atoms with Gasteiger partial charge in [-0.25, -0.2) is 0 Å². The van der Waals surface area contributed by atoms with Gasteiger partial charge >= 0.3 is 8.03 Å². The average molecular weight is 299 g/mol. The number of hydrogen-bond acceptors (Lipinski definition) is 2. The molecule has 0 saturated carbocycles. The number of fused-ring (bicyclic) bond motifs is 1. The highest BCUT2D eigenvalue weighted by atomic mass is 31.1. The third kappa shape index (κ3) is 2.76. The Morgan fingerprint density at radius 2 is 1.90 bits per heavy atom. The van der Waals surface area contributed by atoms with Gasteiger partial charge in [0.05, 0.1) is 0 Å². The summed E-state index contributed by atoms with van der Waals surface area (Å²) in [6.07, 6.45) is 4.04. The van der Waals surface area contributed by atoms with E-state index in [2.05, 4.69) is 0 Å². The topological polar surface area (TPSA) is 46.5 Å². The van der Waals surface area contributed by atoms with Crippen LogP contribution < -0.4 is 10.0 Å². The van der Waals surface area contributed by atoms with E-state index < -0.39 is 8.03 Å². The average Bonchev–Trinajstić information content (AvgIpc) is 2.46. The van der Waals surface area contributed by atoms with Gasteiger partial charge in [-0.1, -0.05) is 24.3 Å².